The molecule has 1 fully saturated rings. The zero-order valence-corrected chi connectivity index (χ0v) is 17.3. The van der Waals surface area contributed by atoms with Crippen molar-refractivity contribution in [3.05, 3.63) is 59.7 Å². The number of nitrogens with one attached hydrogen (secondary N) is 1. The van der Waals surface area contributed by atoms with Crippen molar-refractivity contribution in [2.75, 3.05) is 27.3 Å². The first-order chi connectivity index (χ1) is 14.9. The van der Waals surface area contributed by atoms with Crippen LogP contribution in [0.25, 0.3) is 0 Å². The third kappa shape index (κ3) is 5.38. The molecule has 0 bridgehead atoms. The molecule has 2 amide bonds. The molecular weight excluding hydrogens is 398 g/mol. The molecule has 1 aromatic heterocycles. The molecule has 9 heteroatoms. The lowest BCUT2D eigenvalue weighted by molar-refractivity contribution is -0.120. The van der Waals surface area contributed by atoms with Gasteiger partial charge in [0.1, 0.15) is 17.2 Å². The number of nitrogens with zero attached hydrogens (tertiary/aromatic N) is 3. The predicted octanol–water partition coefficient (Wildman–Crippen LogP) is 0.999. The van der Waals surface area contributed by atoms with Gasteiger partial charge >= 0.3 is 0 Å². The van der Waals surface area contributed by atoms with Gasteiger partial charge in [-0.25, -0.2) is 15.0 Å². The number of hydrogen-bond acceptors (Lipinski definition) is 7. The summed E-state index contributed by atoms with van der Waals surface area (Å²) < 4.78 is 10.5. The van der Waals surface area contributed by atoms with Gasteiger partial charge in [-0.15, -0.1) is 0 Å². The SMILES string of the molecule is C=CC(=O)NN1CCC(c2cnc(C(N)=O)c(C#Cc3cc(OC)cc(OC)c3)n2)C1. The van der Waals surface area contributed by atoms with Gasteiger partial charge in [-0.3, -0.25) is 15.0 Å². The van der Waals surface area contributed by atoms with Gasteiger partial charge in [0.15, 0.2) is 5.69 Å². The number of hydrazine groups is 1. The molecule has 160 valence electrons. The Labute approximate surface area is 180 Å². The topological polar surface area (TPSA) is 120 Å². The molecule has 0 spiro atoms. The Morgan fingerprint density at radius 1 is 1.26 bits per heavy atom. The molecule has 1 aliphatic rings. The molecule has 2 heterocycles. The highest BCUT2D eigenvalue weighted by molar-refractivity contribution is 5.92. The van der Waals surface area contributed by atoms with Gasteiger partial charge in [-0.2, -0.15) is 0 Å². The monoisotopic (exact) mass is 421 g/mol. The molecule has 1 unspecified atom stereocenters. The second kappa shape index (κ2) is 9.73. The third-order valence-corrected chi connectivity index (χ3v) is 4.76. The first kappa shape index (κ1) is 21.8. The van der Waals surface area contributed by atoms with Crippen LogP contribution in [-0.2, 0) is 4.79 Å². The minimum absolute atomic E-state index is 0.000856. The number of carbonyl (C=O) groups is 2. The second-order valence-electron chi connectivity index (χ2n) is 6.82. The van der Waals surface area contributed by atoms with Crippen molar-refractivity contribution >= 4 is 11.8 Å². The fourth-order valence-corrected chi connectivity index (χ4v) is 3.18. The average molecular weight is 421 g/mol. The van der Waals surface area contributed by atoms with Gasteiger partial charge < -0.3 is 15.2 Å². The van der Waals surface area contributed by atoms with E-state index >= 15 is 0 Å². The van der Waals surface area contributed by atoms with Gasteiger partial charge in [0.05, 0.1) is 19.9 Å². The van der Waals surface area contributed by atoms with Gasteiger partial charge in [0.25, 0.3) is 11.8 Å². The molecule has 1 aromatic carbocycles. The van der Waals surface area contributed by atoms with Crippen LogP contribution in [0, 0.1) is 11.8 Å². The Hall–Kier alpha value is -3.90. The number of carbonyl (C=O) groups excluding carboxylic acids is 2. The quantitative estimate of drug-likeness (QED) is 0.527. The largest absolute Gasteiger partial charge is 0.497 e. The highest BCUT2D eigenvalue weighted by Gasteiger charge is 2.27. The summed E-state index contributed by atoms with van der Waals surface area (Å²) in [7, 11) is 3.10. The molecule has 1 aliphatic heterocycles. The Kier molecular flexibility index (Phi) is 6.85. The molecule has 1 saturated heterocycles. The highest BCUT2D eigenvalue weighted by atomic mass is 16.5. The van der Waals surface area contributed by atoms with Crippen molar-refractivity contribution in [2.45, 2.75) is 12.3 Å². The van der Waals surface area contributed by atoms with Crippen molar-refractivity contribution < 1.29 is 19.1 Å². The Balaban J connectivity index is 1.89. The molecule has 31 heavy (non-hydrogen) atoms. The summed E-state index contributed by atoms with van der Waals surface area (Å²) in [5, 5.41) is 1.80. The number of ether oxygens (including phenoxy) is 2. The lowest BCUT2D eigenvalue weighted by Gasteiger charge is -2.16. The summed E-state index contributed by atoms with van der Waals surface area (Å²) in [5.41, 5.74) is 9.69. The third-order valence-electron chi connectivity index (χ3n) is 4.76. The van der Waals surface area contributed by atoms with E-state index in [9.17, 15) is 9.59 Å². The summed E-state index contributed by atoms with van der Waals surface area (Å²) in [4.78, 5) is 32.1. The summed E-state index contributed by atoms with van der Waals surface area (Å²) in [6, 6.07) is 5.22. The van der Waals surface area contributed by atoms with Crippen LogP contribution in [0.4, 0.5) is 0 Å². The van der Waals surface area contributed by atoms with Crippen LogP contribution in [0.5, 0.6) is 11.5 Å². The lowest BCUT2D eigenvalue weighted by Crippen LogP contribution is -2.39. The average Bonchev–Trinajstić information content (AvgIpc) is 3.25. The Morgan fingerprint density at radius 3 is 2.58 bits per heavy atom. The number of benzene rings is 1. The Morgan fingerprint density at radius 2 is 1.97 bits per heavy atom. The van der Waals surface area contributed by atoms with E-state index in [1.165, 1.54) is 12.3 Å². The molecule has 0 radical (unpaired) electrons. The molecule has 3 N–H and O–H groups in total. The first-order valence-electron chi connectivity index (χ1n) is 9.53. The first-order valence-corrected chi connectivity index (χ1v) is 9.53. The van der Waals surface area contributed by atoms with Crippen molar-refractivity contribution in [1.82, 2.24) is 20.4 Å². The number of aromatic nitrogens is 2. The summed E-state index contributed by atoms with van der Waals surface area (Å²) in [6.45, 7) is 4.67. The molecule has 1 atom stereocenters. The fourth-order valence-electron chi connectivity index (χ4n) is 3.18. The van der Waals surface area contributed by atoms with Crippen molar-refractivity contribution in [1.29, 1.82) is 0 Å². The highest BCUT2D eigenvalue weighted by Crippen LogP contribution is 2.25. The predicted molar refractivity (Wildman–Crippen MR) is 113 cm³/mol. The van der Waals surface area contributed by atoms with E-state index in [0.29, 0.717) is 35.8 Å². The van der Waals surface area contributed by atoms with Crippen LogP contribution in [-0.4, -0.2) is 54.1 Å². The van der Waals surface area contributed by atoms with Crippen LogP contribution in [0.2, 0.25) is 0 Å². The van der Waals surface area contributed by atoms with E-state index in [2.05, 4.69) is 33.8 Å². The van der Waals surface area contributed by atoms with Crippen LogP contribution in [0.15, 0.2) is 37.1 Å². The van der Waals surface area contributed by atoms with Crippen LogP contribution >= 0.6 is 0 Å². The smallest absolute Gasteiger partial charge is 0.270 e. The van der Waals surface area contributed by atoms with Crippen molar-refractivity contribution in [3.63, 3.8) is 0 Å². The maximum absolute atomic E-state index is 11.8. The Bertz CT molecular complexity index is 1050. The maximum Gasteiger partial charge on any atom is 0.270 e. The summed E-state index contributed by atoms with van der Waals surface area (Å²) in [5.74, 6) is 6.09. The number of rotatable bonds is 6. The number of nitrogens with two attached hydrogens (primary N) is 1. The number of amides is 2. The van der Waals surface area contributed by atoms with E-state index < -0.39 is 5.91 Å². The summed E-state index contributed by atoms with van der Waals surface area (Å²) >= 11 is 0. The van der Waals surface area contributed by atoms with E-state index in [-0.39, 0.29) is 23.2 Å². The molecule has 0 saturated carbocycles. The molecular formula is C22H23N5O4. The van der Waals surface area contributed by atoms with Crippen LogP contribution in [0.1, 0.15) is 39.8 Å². The van der Waals surface area contributed by atoms with Gasteiger partial charge in [0, 0.05) is 36.8 Å². The van der Waals surface area contributed by atoms with Gasteiger partial charge in [-0.05, 0) is 30.6 Å². The van der Waals surface area contributed by atoms with Gasteiger partial charge in [0.2, 0.25) is 0 Å². The van der Waals surface area contributed by atoms with E-state index in [0.717, 1.165) is 6.42 Å². The van der Waals surface area contributed by atoms with Crippen molar-refractivity contribution in [2.24, 2.45) is 5.73 Å². The van der Waals surface area contributed by atoms with Gasteiger partial charge in [-0.1, -0.05) is 12.5 Å². The molecule has 3 rings (SSSR count). The minimum Gasteiger partial charge on any atom is -0.497 e. The van der Waals surface area contributed by atoms with Crippen LogP contribution in [0.3, 0.4) is 0 Å². The lowest BCUT2D eigenvalue weighted by atomic mass is 10.1. The molecule has 9 nitrogen and oxygen atoms in total. The summed E-state index contributed by atoms with van der Waals surface area (Å²) in [6.07, 6.45) is 3.52. The number of methoxy groups -OCH3 is 2. The van der Waals surface area contributed by atoms with Crippen molar-refractivity contribution in [3.8, 4) is 23.3 Å². The second-order valence-corrected chi connectivity index (χ2v) is 6.82. The number of primary amides is 1. The van der Waals surface area contributed by atoms with E-state index in [1.54, 1.807) is 37.4 Å². The minimum atomic E-state index is -0.710. The van der Waals surface area contributed by atoms with E-state index in [4.69, 9.17) is 15.2 Å². The fraction of sp³-hybridized carbons (Fsp3) is 0.273. The molecule has 0 aliphatic carbocycles. The zero-order chi connectivity index (χ0) is 22.4. The van der Waals surface area contributed by atoms with Crippen LogP contribution < -0.4 is 20.6 Å². The standard InChI is InChI=1S/C22H23N5O4/c1-4-20(28)26-27-8-7-15(13-27)19-12-24-21(22(23)29)18(25-19)6-5-14-9-16(30-2)11-17(10-14)31-3/h4,9-12,15H,1,7-8,13H2,2-3H3,(H2,23,29)(H,26,28). The van der Waals surface area contributed by atoms with E-state index in [1.807, 2.05) is 0 Å². The number of hydrogen-bond donors (Lipinski definition) is 2. The molecule has 2 aromatic rings. The maximum atomic E-state index is 11.8. The normalized spacial score (nSPS) is 15.5. The zero-order valence-electron chi connectivity index (χ0n) is 17.3.